The van der Waals surface area contributed by atoms with Crippen molar-refractivity contribution in [1.29, 1.82) is 0 Å². The van der Waals surface area contributed by atoms with Crippen molar-refractivity contribution >= 4 is 0 Å². The molecule has 0 aromatic carbocycles. The van der Waals surface area contributed by atoms with Gasteiger partial charge in [-0.2, -0.15) is 0 Å². The van der Waals surface area contributed by atoms with Crippen molar-refractivity contribution in [2.45, 2.75) is 75.9 Å². The van der Waals surface area contributed by atoms with Crippen molar-refractivity contribution in [3.63, 3.8) is 0 Å². The second kappa shape index (κ2) is 10.6. The Labute approximate surface area is 143 Å². The van der Waals surface area contributed by atoms with Crippen LogP contribution in [0.1, 0.15) is 26.7 Å². The van der Waals surface area contributed by atoms with Crippen LogP contribution in [0.2, 0.25) is 0 Å². The molecule has 0 bridgehead atoms. The summed E-state index contributed by atoms with van der Waals surface area (Å²) < 4.78 is 33.1. The summed E-state index contributed by atoms with van der Waals surface area (Å²) in [5, 5.41) is 19.5. The Morgan fingerprint density at radius 2 is 1.75 bits per heavy atom. The van der Waals surface area contributed by atoms with Gasteiger partial charge in [-0.1, -0.05) is 0 Å². The number of methoxy groups -OCH3 is 4. The second-order valence-electron chi connectivity index (χ2n) is 6.02. The topological polar surface area (TPSA) is 95.8 Å². The minimum absolute atomic E-state index is 0.209. The molecule has 8 heteroatoms. The monoisotopic (exact) mass is 352 g/mol. The lowest BCUT2D eigenvalue weighted by molar-refractivity contribution is -0.286. The molecule has 1 heterocycles. The molecular formula is C16H32O8. The number of hydrogen-bond acceptors (Lipinski definition) is 8. The van der Waals surface area contributed by atoms with Gasteiger partial charge >= 0.3 is 0 Å². The summed E-state index contributed by atoms with van der Waals surface area (Å²) in [6.45, 7) is 3.38. The van der Waals surface area contributed by atoms with Gasteiger partial charge in [-0.15, -0.1) is 0 Å². The molecule has 0 saturated carbocycles. The SMILES string of the molecule is CO[C@H](C[C@@H](OC)[C@H](O)[C@@H](C)O)O[C@@H]1[C@@H](C)O[C@H](OC)C[C@H]1OC. The lowest BCUT2D eigenvalue weighted by Gasteiger charge is -2.40. The number of rotatable bonds is 10. The van der Waals surface area contributed by atoms with Gasteiger partial charge in [0.15, 0.2) is 12.6 Å². The number of aliphatic hydroxyl groups excluding tert-OH is 2. The van der Waals surface area contributed by atoms with Gasteiger partial charge in [0.25, 0.3) is 0 Å². The van der Waals surface area contributed by atoms with E-state index >= 15 is 0 Å². The molecule has 8 atom stereocenters. The van der Waals surface area contributed by atoms with Gasteiger partial charge in [0.1, 0.15) is 12.2 Å². The fourth-order valence-electron chi connectivity index (χ4n) is 2.84. The van der Waals surface area contributed by atoms with E-state index in [2.05, 4.69) is 0 Å². The molecule has 1 saturated heterocycles. The Balaban J connectivity index is 2.71. The first-order chi connectivity index (χ1) is 11.4. The summed E-state index contributed by atoms with van der Waals surface area (Å²) in [6.07, 6.45) is -3.57. The van der Waals surface area contributed by atoms with Crippen LogP contribution < -0.4 is 0 Å². The van der Waals surface area contributed by atoms with Crippen LogP contribution in [-0.4, -0.2) is 87.9 Å². The van der Waals surface area contributed by atoms with Crippen molar-refractivity contribution in [2.24, 2.45) is 0 Å². The first kappa shape index (κ1) is 21.7. The van der Waals surface area contributed by atoms with E-state index < -0.39 is 24.6 Å². The summed E-state index contributed by atoms with van der Waals surface area (Å²) in [5.74, 6) is 0. The van der Waals surface area contributed by atoms with Crippen molar-refractivity contribution in [2.75, 3.05) is 28.4 Å². The quantitative estimate of drug-likeness (QED) is 0.542. The maximum absolute atomic E-state index is 10.0. The van der Waals surface area contributed by atoms with Crippen molar-refractivity contribution in [3.05, 3.63) is 0 Å². The maximum atomic E-state index is 10.0. The van der Waals surface area contributed by atoms with Crippen LogP contribution in [0, 0.1) is 0 Å². The summed E-state index contributed by atoms with van der Waals surface area (Å²) in [6, 6.07) is 0. The predicted molar refractivity (Wildman–Crippen MR) is 85.5 cm³/mol. The standard InChI is InChI=1S/C16H32O8/c1-9(17)15(18)11(19-3)7-14(22-6)24-16-10(2)23-13(21-5)8-12(16)20-4/h9-18H,7-8H2,1-6H3/t9-,10-,11-,12-,13+,14+,15-,16-/m1/s1. The zero-order valence-electron chi connectivity index (χ0n) is 15.4. The van der Waals surface area contributed by atoms with Crippen LogP contribution in [0.3, 0.4) is 0 Å². The molecule has 1 fully saturated rings. The Kier molecular flexibility index (Phi) is 9.61. The van der Waals surface area contributed by atoms with E-state index in [0.29, 0.717) is 6.42 Å². The van der Waals surface area contributed by atoms with E-state index in [4.69, 9.17) is 28.4 Å². The van der Waals surface area contributed by atoms with Gasteiger partial charge in [0.2, 0.25) is 0 Å². The molecule has 1 rings (SSSR count). The smallest absolute Gasteiger partial charge is 0.160 e. The fraction of sp³-hybridized carbons (Fsp3) is 1.00. The normalized spacial score (nSPS) is 33.0. The molecule has 0 spiro atoms. The van der Waals surface area contributed by atoms with E-state index in [9.17, 15) is 10.2 Å². The van der Waals surface area contributed by atoms with E-state index in [1.54, 1.807) is 14.2 Å². The third-order valence-corrected chi connectivity index (χ3v) is 4.36. The van der Waals surface area contributed by atoms with Gasteiger partial charge in [-0.05, 0) is 13.8 Å². The minimum Gasteiger partial charge on any atom is -0.391 e. The third kappa shape index (κ3) is 5.89. The molecule has 2 N–H and O–H groups in total. The largest absolute Gasteiger partial charge is 0.391 e. The summed E-state index contributed by atoms with van der Waals surface area (Å²) in [7, 11) is 6.18. The molecule has 0 aliphatic carbocycles. The molecule has 0 aromatic rings. The third-order valence-electron chi connectivity index (χ3n) is 4.36. The number of aliphatic hydroxyl groups is 2. The molecule has 24 heavy (non-hydrogen) atoms. The molecular weight excluding hydrogens is 320 g/mol. The zero-order chi connectivity index (χ0) is 18.3. The molecule has 144 valence electrons. The van der Waals surface area contributed by atoms with Crippen molar-refractivity contribution in [3.8, 4) is 0 Å². The van der Waals surface area contributed by atoms with Gasteiger partial charge in [-0.25, -0.2) is 0 Å². The van der Waals surface area contributed by atoms with E-state index in [1.807, 2.05) is 6.92 Å². The fourth-order valence-corrected chi connectivity index (χ4v) is 2.84. The van der Waals surface area contributed by atoms with Gasteiger partial charge in [0.05, 0.1) is 24.4 Å². The molecule has 0 aromatic heterocycles. The zero-order valence-corrected chi connectivity index (χ0v) is 15.4. The Morgan fingerprint density at radius 1 is 1.08 bits per heavy atom. The second-order valence-corrected chi connectivity index (χ2v) is 6.02. The van der Waals surface area contributed by atoms with Crippen LogP contribution in [0.5, 0.6) is 0 Å². The number of ether oxygens (including phenoxy) is 6. The van der Waals surface area contributed by atoms with Gasteiger partial charge in [0, 0.05) is 41.3 Å². The summed E-state index contributed by atoms with van der Waals surface area (Å²) in [5.41, 5.74) is 0. The highest BCUT2D eigenvalue weighted by Crippen LogP contribution is 2.27. The average molecular weight is 352 g/mol. The Hall–Kier alpha value is -0.320. The highest BCUT2D eigenvalue weighted by Gasteiger charge is 2.40. The molecule has 0 amide bonds. The highest BCUT2D eigenvalue weighted by atomic mass is 16.7. The summed E-state index contributed by atoms with van der Waals surface area (Å²) in [4.78, 5) is 0. The van der Waals surface area contributed by atoms with Crippen molar-refractivity contribution < 1.29 is 38.6 Å². The van der Waals surface area contributed by atoms with Crippen LogP contribution in [0.4, 0.5) is 0 Å². The van der Waals surface area contributed by atoms with Gasteiger partial charge in [-0.3, -0.25) is 0 Å². The molecule has 8 nitrogen and oxygen atoms in total. The van der Waals surface area contributed by atoms with Crippen LogP contribution in [0.25, 0.3) is 0 Å². The maximum Gasteiger partial charge on any atom is 0.160 e. The Bertz CT molecular complexity index is 340. The lowest BCUT2D eigenvalue weighted by Crippen LogP contribution is -2.51. The Morgan fingerprint density at radius 3 is 2.21 bits per heavy atom. The molecule has 1 aliphatic rings. The first-order valence-electron chi connectivity index (χ1n) is 8.16. The van der Waals surface area contributed by atoms with Gasteiger partial charge < -0.3 is 38.6 Å². The first-order valence-corrected chi connectivity index (χ1v) is 8.16. The van der Waals surface area contributed by atoms with Crippen LogP contribution in [0.15, 0.2) is 0 Å². The van der Waals surface area contributed by atoms with E-state index in [-0.39, 0.29) is 31.0 Å². The van der Waals surface area contributed by atoms with E-state index in [0.717, 1.165) is 0 Å². The minimum atomic E-state index is -1.03. The number of hydrogen-bond donors (Lipinski definition) is 2. The molecule has 1 aliphatic heterocycles. The lowest BCUT2D eigenvalue weighted by atomic mass is 10.0. The van der Waals surface area contributed by atoms with E-state index in [1.165, 1.54) is 21.1 Å². The van der Waals surface area contributed by atoms with Crippen LogP contribution >= 0.6 is 0 Å². The van der Waals surface area contributed by atoms with Crippen LogP contribution in [-0.2, 0) is 28.4 Å². The highest BCUT2D eigenvalue weighted by molar-refractivity contribution is 4.84. The molecule has 0 unspecified atom stereocenters. The average Bonchev–Trinajstić information content (AvgIpc) is 2.58. The van der Waals surface area contributed by atoms with Crippen molar-refractivity contribution in [1.82, 2.24) is 0 Å². The summed E-state index contributed by atoms with van der Waals surface area (Å²) >= 11 is 0. The molecule has 0 radical (unpaired) electrons. The predicted octanol–water partition coefficient (Wildman–Crippen LogP) is 0.287.